The molecule has 0 aliphatic carbocycles. The van der Waals surface area contributed by atoms with Crippen LogP contribution in [0.2, 0.25) is 0 Å². The second-order valence-electron chi connectivity index (χ2n) is 6.03. The van der Waals surface area contributed by atoms with Gasteiger partial charge in [-0.2, -0.15) is 4.98 Å². The van der Waals surface area contributed by atoms with Gasteiger partial charge < -0.3 is 24.4 Å². The molecule has 0 radical (unpaired) electrons. The van der Waals surface area contributed by atoms with Gasteiger partial charge in [0.05, 0.1) is 25.5 Å². The van der Waals surface area contributed by atoms with Gasteiger partial charge in [-0.05, 0) is 12.8 Å². The molecule has 0 unspecified atom stereocenters. The van der Waals surface area contributed by atoms with E-state index in [0.29, 0.717) is 37.8 Å². The highest BCUT2D eigenvalue weighted by molar-refractivity contribution is 5.80. The zero-order valence-corrected chi connectivity index (χ0v) is 14.4. The van der Waals surface area contributed by atoms with Crippen molar-refractivity contribution in [3.8, 4) is 0 Å². The van der Waals surface area contributed by atoms with Crippen molar-refractivity contribution < 1.29 is 18.8 Å². The number of amides is 3. The SMILES string of the molecule is COCCc1nc(CNC(=O)[C@@H]2CCCN(C(=O)N(C)C)C2)no1. The molecule has 1 aromatic heterocycles. The van der Waals surface area contributed by atoms with Gasteiger partial charge in [-0.3, -0.25) is 4.79 Å². The molecule has 24 heavy (non-hydrogen) atoms. The number of likely N-dealkylation sites (tertiary alicyclic amines) is 1. The Bertz CT molecular complexity index is 560. The number of piperidine rings is 1. The number of nitrogens with zero attached hydrogens (tertiary/aromatic N) is 4. The van der Waals surface area contributed by atoms with Crippen molar-refractivity contribution in [1.82, 2.24) is 25.3 Å². The van der Waals surface area contributed by atoms with Gasteiger partial charge in [-0.1, -0.05) is 5.16 Å². The molecule has 1 N–H and O–H groups in total. The van der Waals surface area contributed by atoms with Crippen molar-refractivity contribution in [3.63, 3.8) is 0 Å². The van der Waals surface area contributed by atoms with Gasteiger partial charge in [0.2, 0.25) is 11.8 Å². The summed E-state index contributed by atoms with van der Waals surface area (Å²) in [6, 6.07) is -0.0616. The third-order valence-corrected chi connectivity index (χ3v) is 3.90. The van der Waals surface area contributed by atoms with Crippen molar-refractivity contribution in [1.29, 1.82) is 0 Å². The predicted molar refractivity (Wildman–Crippen MR) is 85.1 cm³/mol. The second-order valence-corrected chi connectivity index (χ2v) is 6.03. The van der Waals surface area contributed by atoms with Crippen LogP contribution in [0.5, 0.6) is 0 Å². The van der Waals surface area contributed by atoms with E-state index in [1.165, 1.54) is 4.90 Å². The number of ether oxygens (including phenoxy) is 1. The summed E-state index contributed by atoms with van der Waals surface area (Å²) in [6.45, 7) is 1.85. The van der Waals surface area contributed by atoms with Crippen molar-refractivity contribution in [3.05, 3.63) is 11.7 Å². The van der Waals surface area contributed by atoms with Crippen molar-refractivity contribution in [2.75, 3.05) is 40.9 Å². The molecular weight excluding hydrogens is 314 g/mol. The van der Waals surface area contributed by atoms with Crippen molar-refractivity contribution in [2.45, 2.75) is 25.8 Å². The minimum Gasteiger partial charge on any atom is -0.384 e. The fraction of sp³-hybridized carbons (Fsp3) is 0.733. The molecule has 0 saturated carbocycles. The highest BCUT2D eigenvalue weighted by atomic mass is 16.5. The van der Waals surface area contributed by atoms with E-state index in [1.807, 2.05) is 0 Å². The molecule has 2 heterocycles. The number of aromatic nitrogens is 2. The molecule has 9 heteroatoms. The van der Waals surface area contributed by atoms with Gasteiger partial charge in [0.1, 0.15) is 0 Å². The Morgan fingerprint density at radius 2 is 2.25 bits per heavy atom. The number of carbonyl (C=O) groups is 2. The van der Waals surface area contributed by atoms with Crippen LogP contribution in [0, 0.1) is 5.92 Å². The summed E-state index contributed by atoms with van der Waals surface area (Å²) in [4.78, 5) is 31.8. The quantitative estimate of drug-likeness (QED) is 0.798. The van der Waals surface area contributed by atoms with Gasteiger partial charge in [-0.25, -0.2) is 4.79 Å². The molecule has 1 fully saturated rings. The molecule has 1 saturated heterocycles. The van der Waals surface area contributed by atoms with E-state index in [2.05, 4.69) is 15.5 Å². The first-order valence-electron chi connectivity index (χ1n) is 8.05. The van der Waals surface area contributed by atoms with Crippen LogP contribution in [-0.4, -0.2) is 72.8 Å². The third kappa shape index (κ3) is 4.92. The molecule has 1 aliphatic heterocycles. The second kappa shape index (κ2) is 8.62. The van der Waals surface area contributed by atoms with Crippen LogP contribution in [-0.2, 0) is 22.5 Å². The summed E-state index contributed by atoms with van der Waals surface area (Å²) < 4.78 is 10.0. The lowest BCUT2D eigenvalue weighted by Gasteiger charge is -2.33. The Hall–Kier alpha value is -2.16. The fourth-order valence-corrected chi connectivity index (χ4v) is 2.61. The zero-order valence-electron chi connectivity index (χ0n) is 14.4. The van der Waals surface area contributed by atoms with Crippen LogP contribution in [0.25, 0.3) is 0 Å². The summed E-state index contributed by atoms with van der Waals surface area (Å²) in [7, 11) is 5.03. The van der Waals surface area contributed by atoms with Gasteiger partial charge in [-0.15, -0.1) is 0 Å². The van der Waals surface area contributed by atoms with E-state index in [4.69, 9.17) is 9.26 Å². The Morgan fingerprint density at radius 3 is 2.96 bits per heavy atom. The molecule has 0 bridgehead atoms. The average molecular weight is 339 g/mol. The standard InChI is InChI=1S/C15H25N5O4/c1-19(2)15(22)20-7-4-5-11(10-20)14(21)16-9-12-17-13(24-18-12)6-8-23-3/h11H,4-10H2,1-3H3,(H,16,21)/t11-/m1/s1. The molecule has 3 amide bonds. The molecule has 1 aliphatic rings. The topological polar surface area (TPSA) is 101 Å². The van der Waals surface area contributed by atoms with Crippen molar-refractivity contribution in [2.24, 2.45) is 5.92 Å². The van der Waals surface area contributed by atoms with Gasteiger partial charge in [0.25, 0.3) is 0 Å². The van der Waals surface area contributed by atoms with Gasteiger partial charge in [0, 0.05) is 34.3 Å². The van der Waals surface area contributed by atoms with E-state index in [1.54, 1.807) is 26.1 Å². The van der Waals surface area contributed by atoms with Crippen LogP contribution in [0.4, 0.5) is 4.79 Å². The van der Waals surface area contributed by atoms with E-state index in [0.717, 1.165) is 12.8 Å². The summed E-state index contributed by atoms with van der Waals surface area (Å²) in [5.74, 6) is 0.630. The smallest absolute Gasteiger partial charge is 0.319 e. The van der Waals surface area contributed by atoms with Crippen molar-refractivity contribution >= 4 is 11.9 Å². The fourth-order valence-electron chi connectivity index (χ4n) is 2.61. The number of hydrogen-bond acceptors (Lipinski definition) is 6. The van der Waals surface area contributed by atoms with Gasteiger partial charge >= 0.3 is 6.03 Å². The molecule has 134 valence electrons. The molecule has 9 nitrogen and oxygen atoms in total. The Labute approximate surface area is 141 Å². The molecule has 1 aromatic rings. The first-order valence-corrected chi connectivity index (χ1v) is 8.05. The molecule has 0 spiro atoms. The Balaban J connectivity index is 1.81. The van der Waals surface area contributed by atoms with Gasteiger partial charge in [0.15, 0.2) is 5.82 Å². The van der Waals surface area contributed by atoms with Crippen LogP contribution in [0.1, 0.15) is 24.6 Å². The third-order valence-electron chi connectivity index (χ3n) is 3.90. The van der Waals surface area contributed by atoms with Crippen LogP contribution in [0.3, 0.4) is 0 Å². The minimum absolute atomic E-state index is 0.0616. The highest BCUT2D eigenvalue weighted by Gasteiger charge is 2.29. The lowest BCUT2D eigenvalue weighted by molar-refractivity contribution is -0.126. The zero-order chi connectivity index (χ0) is 17.5. The Morgan fingerprint density at radius 1 is 1.46 bits per heavy atom. The lowest BCUT2D eigenvalue weighted by atomic mass is 9.97. The highest BCUT2D eigenvalue weighted by Crippen LogP contribution is 2.17. The number of hydrogen-bond donors (Lipinski definition) is 1. The number of methoxy groups -OCH3 is 1. The number of rotatable bonds is 6. The number of carbonyl (C=O) groups excluding carboxylic acids is 2. The maximum absolute atomic E-state index is 12.3. The van der Waals surface area contributed by atoms with Crippen LogP contribution < -0.4 is 5.32 Å². The first-order chi connectivity index (χ1) is 11.5. The summed E-state index contributed by atoms with van der Waals surface area (Å²) in [6.07, 6.45) is 2.14. The lowest BCUT2D eigenvalue weighted by Crippen LogP contribution is -2.48. The Kier molecular flexibility index (Phi) is 6.53. The molecule has 0 aromatic carbocycles. The van der Waals surface area contributed by atoms with Crippen LogP contribution in [0.15, 0.2) is 4.52 Å². The van der Waals surface area contributed by atoms with E-state index < -0.39 is 0 Å². The maximum atomic E-state index is 12.3. The average Bonchev–Trinajstić information content (AvgIpc) is 3.05. The molecule has 1 atom stereocenters. The summed E-state index contributed by atoms with van der Waals surface area (Å²) in [5.41, 5.74) is 0. The number of urea groups is 1. The van der Waals surface area contributed by atoms with Crippen LogP contribution >= 0.6 is 0 Å². The number of nitrogens with one attached hydrogen (secondary N) is 1. The summed E-state index contributed by atoms with van der Waals surface area (Å²) >= 11 is 0. The minimum atomic E-state index is -0.206. The summed E-state index contributed by atoms with van der Waals surface area (Å²) in [5, 5.41) is 6.65. The first kappa shape index (κ1) is 18.2. The van der Waals surface area contributed by atoms with E-state index in [9.17, 15) is 9.59 Å². The maximum Gasteiger partial charge on any atom is 0.319 e. The van der Waals surface area contributed by atoms with E-state index >= 15 is 0 Å². The normalized spacial score (nSPS) is 17.6. The predicted octanol–water partition coefficient (Wildman–Crippen LogP) is 0.268. The largest absolute Gasteiger partial charge is 0.384 e. The molecular formula is C15H25N5O4. The molecule has 2 rings (SSSR count). The van der Waals surface area contributed by atoms with E-state index in [-0.39, 0.29) is 24.4 Å². The monoisotopic (exact) mass is 339 g/mol.